The van der Waals surface area contributed by atoms with Crippen molar-refractivity contribution in [2.45, 2.75) is 32.7 Å². The summed E-state index contributed by atoms with van der Waals surface area (Å²) in [7, 11) is 0. The van der Waals surface area contributed by atoms with E-state index in [0.717, 1.165) is 18.5 Å². The Morgan fingerprint density at radius 1 is 1.09 bits per heavy atom. The van der Waals surface area contributed by atoms with Crippen molar-refractivity contribution in [2.75, 3.05) is 5.32 Å². The number of carbonyl (C=O) groups excluding carboxylic acids is 1. The first kappa shape index (κ1) is 17.2. The topological polar surface area (TPSA) is 41.1 Å². The summed E-state index contributed by atoms with van der Waals surface area (Å²) in [6, 6.07) is 18.0. The van der Waals surface area contributed by atoms with Crippen molar-refractivity contribution in [1.82, 2.24) is 5.32 Å². The van der Waals surface area contributed by atoms with E-state index in [1.807, 2.05) is 18.2 Å². The lowest BCUT2D eigenvalue weighted by molar-refractivity contribution is 0.101. The fourth-order valence-corrected chi connectivity index (χ4v) is 2.60. The first-order chi connectivity index (χ1) is 11.0. The first-order valence-electron chi connectivity index (χ1n) is 7.77. The number of Topliss-reactive ketones (excluding diaryl/α,β-unsaturated/α-hetero) is 1. The molecule has 0 unspecified atom stereocenters. The molecule has 0 radical (unpaired) electrons. The minimum atomic E-state index is 0.0618. The molecule has 1 atom stereocenters. The zero-order chi connectivity index (χ0) is 16.7. The third-order valence-electron chi connectivity index (χ3n) is 3.64. The highest BCUT2D eigenvalue weighted by Gasteiger charge is 2.05. The zero-order valence-electron chi connectivity index (χ0n) is 13.5. The molecule has 0 bridgehead atoms. The van der Waals surface area contributed by atoms with Crippen LogP contribution in [0.4, 0.5) is 5.69 Å². The summed E-state index contributed by atoms with van der Waals surface area (Å²) in [6.45, 7) is 3.68. The van der Waals surface area contributed by atoms with Gasteiger partial charge in [0.2, 0.25) is 0 Å². The molecule has 3 nitrogen and oxygen atoms in total. The molecule has 0 aromatic heterocycles. The van der Waals surface area contributed by atoms with Crippen molar-refractivity contribution in [1.29, 1.82) is 0 Å². The number of carbonyl (C=O) groups is 1. The Kier molecular flexibility index (Phi) is 6.29. The van der Waals surface area contributed by atoms with E-state index in [0.29, 0.717) is 10.7 Å². The van der Waals surface area contributed by atoms with Gasteiger partial charge in [0, 0.05) is 17.3 Å². The van der Waals surface area contributed by atoms with Gasteiger partial charge in [-0.05, 0) is 68.7 Å². The molecular formula is C19H22N2OS. The summed E-state index contributed by atoms with van der Waals surface area (Å²) in [6.07, 6.45) is 2.03. The molecular weight excluding hydrogens is 304 g/mol. The van der Waals surface area contributed by atoms with Crippen LogP contribution in [0.2, 0.25) is 0 Å². The molecule has 2 aromatic rings. The molecule has 0 amide bonds. The van der Waals surface area contributed by atoms with Crippen LogP contribution in [-0.4, -0.2) is 16.9 Å². The van der Waals surface area contributed by atoms with Crippen molar-refractivity contribution in [2.24, 2.45) is 0 Å². The summed E-state index contributed by atoms with van der Waals surface area (Å²) in [4.78, 5) is 11.3. The Bertz CT molecular complexity index is 653. The molecule has 0 fully saturated rings. The Morgan fingerprint density at radius 2 is 1.74 bits per heavy atom. The van der Waals surface area contributed by atoms with Crippen molar-refractivity contribution in [3.8, 4) is 0 Å². The van der Waals surface area contributed by atoms with Crippen LogP contribution in [0.3, 0.4) is 0 Å². The third kappa shape index (κ3) is 5.83. The molecule has 4 heteroatoms. The first-order valence-corrected chi connectivity index (χ1v) is 8.18. The van der Waals surface area contributed by atoms with Crippen LogP contribution in [0.25, 0.3) is 0 Å². The minimum absolute atomic E-state index is 0.0618. The lowest BCUT2D eigenvalue weighted by atomic mass is 10.1. The van der Waals surface area contributed by atoms with E-state index in [9.17, 15) is 4.79 Å². The fraction of sp³-hybridized carbons (Fsp3) is 0.263. The van der Waals surface area contributed by atoms with Gasteiger partial charge in [-0.25, -0.2) is 0 Å². The van der Waals surface area contributed by atoms with E-state index < -0.39 is 0 Å². The number of ketones is 1. The number of hydrogen-bond donors (Lipinski definition) is 2. The molecule has 0 aliphatic heterocycles. The second kappa shape index (κ2) is 8.44. The predicted molar refractivity (Wildman–Crippen MR) is 100 cm³/mol. The van der Waals surface area contributed by atoms with E-state index in [-0.39, 0.29) is 11.8 Å². The summed E-state index contributed by atoms with van der Waals surface area (Å²) in [5.74, 6) is 0.0618. The molecule has 0 aliphatic rings. The Hall–Kier alpha value is -2.20. The van der Waals surface area contributed by atoms with Gasteiger partial charge in [0.25, 0.3) is 0 Å². The number of aryl methyl sites for hydroxylation is 1. The molecule has 0 spiro atoms. The molecule has 120 valence electrons. The van der Waals surface area contributed by atoms with Crippen molar-refractivity contribution in [3.05, 3.63) is 65.7 Å². The van der Waals surface area contributed by atoms with Crippen LogP contribution in [0.5, 0.6) is 0 Å². The molecule has 2 aromatic carbocycles. The number of hydrogen-bond acceptors (Lipinski definition) is 2. The summed E-state index contributed by atoms with van der Waals surface area (Å²) in [5, 5.41) is 7.03. The van der Waals surface area contributed by atoms with Crippen molar-refractivity contribution in [3.63, 3.8) is 0 Å². The molecule has 2 N–H and O–H groups in total. The lowest BCUT2D eigenvalue weighted by Crippen LogP contribution is -2.36. The molecule has 2 rings (SSSR count). The smallest absolute Gasteiger partial charge is 0.170 e. The summed E-state index contributed by atoms with van der Waals surface area (Å²) in [5.41, 5.74) is 2.91. The standard InChI is InChI=1S/C19H22N2OS/c1-14(8-9-16-6-4-3-5-7-16)20-19(23)21-18-12-10-17(11-13-18)15(2)22/h3-7,10-14H,8-9H2,1-2H3,(H2,20,21,23)/t14-/m0/s1. The van der Waals surface area contributed by atoms with Gasteiger partial charge in [-0.15, -0.1) is 0 Å². The molecule has 0 saturated carbocycles. The number of nitrogens with one attached hydrogen (secondary N) is 2. The van der Waals surface area contributed by atoms with Gasteiger partial charge in [0.05, 0.1) is 0 Å². The number of anilines is 1. The maximum Gasteiger partial charge on any atom is 0.170 e. The minimum Gasteiger partial charge on any atom is -0.360 e. The van der Waals surface area contributed by atoms with Gasteiger partial charge in [0.15, 0.2) is 10.9 Å². The Balaban J connectivity index is 1.78. The normalized spacial score (nSPS) is 11.6. The quantitative estimate of drug-likeness (QED) is 0.617. The van der Waals surface area contributed by atoms with Gasteiger partial charge in [-0.1, -0.05) is 30.3 Å². The number of thiocarbonyl (C=S) groups is 1. The van der Waals surface area contributed by atoms with Crippen LogP contribution in [0.1, 0.15) is 36.2 Å². The van der Waals surface area contributed by atoms with E-state index in [4.69, 9.17) is 12.2 Å². The van der Waals surface area contributed by atoms with Gasteiger partial charge in [-0.3, -0.25) is 4.79 Å². The molecule has 0 saturated heterocycles. The lowest BCUT2D eigenvalue weighted by Gasteiger charge is -2.17. The van der Waals surface area contributed by atoms with E-state index in [2.05, 4.69) is 41.8 Å². The maximum absolute atomic E-state index is 11.3. The average Bonchev–Trinajstić information content (AvgIpc) is 2.54. The van der Waals surface area contributed by atoms with Gasteiger partial charge >= 0.3 is 0 Å². The van der Waals surface area contributed by atoms with Crippen LogP contribution >= 0.6 is 12.2 Å². The second-order valence-electron chi connectivity index (χ2n) is 5.66. The largest absolute Gasteiger partial charge is 0.360 e. The molecule has 23 heavy (non-hydrogen) atoms. The molecule has 0 aliphatic carbocycles. The predicted octanol–water partition coefficient (Wildman–Crippen LogP) is 4.20. The van der Waals surface area contributed by atoms with E-state index in [1.165, 1.54) is 5.56 Å². The summed E-state index contributed by atoms with van der Waals surface area (Å²) >= 11 is 5.34. The highest BCUT2D eigenvalue weighted by molar-refractivity contribution is 7.80. The second-order valence-corrected chi connectivity index (χ2v) is 6.07. The van der Waals surface area contributed by atoms with Crippen LogP contribution in [0.15, 0.2) is 54.6 Å². The molecule has 0 heterocycles. The third-order valence-corrected chi connectivity index (χ3v) is 3.86. The fourth-order valence-electron chi connectivity index (χ4n) is 2.28. The van der Waals surface area contributed by atoms with E-state index in [1.54, 1.807) is 19.1 Å². The monoisotopic (exact) mass is 326 g/mol. The van der Waals surface area contributed by atoms with Crippen LogP contribution < -0.4 is 10.6 Å². The zero-order valence-corrected chi connectivity index (χ0v) is 14.3. The maximum atomic E-state index is 11.3. The van der Waals surface area contributed by atoms with Gasteiger partial charge in [0.1, 0.15) is 0 Å². The SMILES string of the molecule is CC(=O)c1ccc(NC(=S)N[C@@H](C)CCc2ccccc2)cc1. The van der Waals surface area contributed by atoms with Crippen LogP contribution in [-0.2, 0) is 6.42 Å². The number of rotatable bonds is 6. The van der Waals surface area contributed by atoms with Crippen LogP contribution in [0, 0.1) is 0 Å². The van der Waals surface area contributed by atoms with Gasteiger partial charge in [-0.2, -0.15) is 0 Å². The highest BCUT2D eigenvalue weighted by atomic mass is 32.1. The Labute approximate surface area is 143 Å². The average molecular weight is 326 g/mol. The van der Waals surface area contributed by atoms with Crippen molar-refractivity contribution >= 4 is 28.8 Å². The van der Waals surface area contributed by atoms with Gasteiger partial charge < -0.3 is 10.6 Å². The number of benzene rings is 2. The highest BCUT2D eigenvalue weighted by Crippen LogP contribution is 2.10. The Morgan fingerprint density at radius 3 is 2.35 bits per heavy atom. The van der Waals surface area contributed by atoms with Crippen molar-refractivity contribution < 1.29 is 4.79 Å². The summed E-state index contributed by atoms with van der Waals surface area (Å²) < 4.78 is 0. The van der Waals surface area contributed by atoms with E-state index >= 15 is 0 Å².